The standard InChI is InChI=1S/C14H14ClN5/c1-2-8-16-12-11-9-17-20(10-6-4-3-5-7-10)13(11)19-14(15)18-12/h3-7,9H,2,8H2,1H3,(H,16,18,19). The van der Waals surface area contributed by atoms with Crippen LogP contribution in [-0.2, 0) is 0 Å². The molecule has 3 rings (SSSR count). The molecule has 0 fully saturated rings. The van der Waals surface area contributed by atoms with E-state index in [1.54, 1.807) is 10.9 Å². The topological polar surface area (TPSA) is 55.6 Å². The molecule has 0 aliphatic heterocycles. The second-order valence-electron chi connectivity index (χ2n) is 4.40. The second kappa shape index (κ2) is 5.46. The van der Waals surface area contributed by atoms with Crippen molar-refractivity contribution in [1.82, 2.24) is 19.7 Å². The van der Waals surface area contributed by atoms with Gasteiger partial charge < -0.3 is 5.32 Å². The lowest BCUT2D eigenvalue weighted by molar-refractivity contribution is 0.895. The molecule has 0 radical (unpaired) electrons. The van der Waals surface area contributed by atoms with Gasteiger partial charge in [0.05, 0.1) is 17.3 Å². The summed E-state index contributed by atoms with van der Waals surface area (Å²) in [6, 6.07) is 9.83. The molecule has 2 heterocycles. The molecular formula is C14H14ClN5. The number of anilines is 1. The van der Waals surface area contributed by atoms with Crippen molar-refractivity contribution in [3.8, 4) is 5.69 Å². The van der Waals surface area contributed by atoms with E-state index in [2.05, 4.69) is 27.3 Å². The average Bonchev–Trinajstić information content (AvgIpc) is 2.89. The Morgan fingerprint density at radius 2 is 2.00 bits per heavy atom. The van der Waals surface area contributed by atoms with Crippen LogP contribution in [0.2, 0.25) is 5.28 Å². The molecule has 0 aliphatic rings. The van der Waals surface area contributed by atoms with Crippen molar-refractivity contribution in [1.29, 1.82) is 0 Å². The molecule has 0 aliphatic carbocycles. The van der Waals surface area contributed by atoms with E-state index < -0.39 is 0 Å². The van der Waals surface area contributed by atoms with Crippen molar-refractivity contribution in [2.75, 3.05) is 11.9 Å². The van der Waals surface area contributed by atoms with Crippen LogP contribution < -0.4 is 5.32 Å². The first-order valence-electron chi connectivity index (χ1n) is 6.50. The van der Waals surface area contributed by atoms with Crippen LogP contribution in [0.4, 0.5) is 5.82 Å². The molecule has 5 nitrogen and oxygen atoms in total. The smallest absolute Gasteiger partial charge is 0.226 e. The highest BCUT2D eigenvalue weighted by molar-refractivity contribution is 6.28. The Morgan fingerprint density at radius 1 is 1.20 bits per heavy atom. The molecule has 0 saturated heterocycles. The molecule has 1 N–H and O–H groups in total. The molecule has 0 spiro atoms. The van der Waals surface area contributed by atoms with Crippen LogP contribution in [0.1, 0.15) is 13.3 Å². The summed E-state index contributed by atoms with van der Waals surface area (Å²) in [5, 5.41) is 8.73. The van der Waals surface area contributed by atoms with Gasteiger partial charge in [0.2, 0.25) is 5.28 Å². The van der Waals surface area contributed by atoms with Gasteiger partial charge in [0, 0.05) is 6.54 Å². The van der Waals surface area contributed by atoms with E-state index in [1.165, 1.54) is 0 Å². The minimum Gasteiger partial charge on any atom is -0.369 e. The highest BCUT2D eigenvalue weighted by Gasteiger charge is 2.12. The number of aromatic nitrogens is 4. The van der Waals surface area contributed by atoms with Gasteiger partial charge in [-0.25, -0.2) is 4.68 Å². The zero-order chi connectivity index (χ0) is 13.9. The zero-order valence-electron chi connectivity index (χ0n) is 11.0. The van der Waals surface area contributed by atoms with E-state index in [1.807, 2.05) is 30.3 Å². The van der Waals surface area contributed by atoms with Crippen LogP contribution in [0, 0.1) is 0 Å². The molecule has 0 atom stereocenters. The van der Waals surface area contributed by atoms with Crippen molar-refractivity contribution < 1.29 is 0 Å². The summed E-state index contributed by atoms with van der Waals surface area (Å²) >= 11 is 6.02. The molecule has 0 amide bonds. The fourth-order valence-corrected chi connectivity index (χ4v) is 2.18. The van der Waals surface area contributed by atoms with Gasteiger partial charge in [-0.3, -0.25) is 0 Å². The quantitative estimate of drug-likeness (QED) is 0.748. The van der Waals surface area contributed by atoms with E-state index in [0.717, 1.165) is 29.9 Å². The molecule has 0 bridgehead atoms. The highest BCUT2D eigenvalue weighted by atomic mass is 35.5. The van der Waals surface area contributed by atoms with E-state index in [-0.39, 0.29) is 5.28 Å². The van der Waals surface area contributed by atoms with Gasteiger partial charge in [-0.05, 0) is 30.2 Å². The minimum atomic E-state index is 0.216. The SMILES string of the molecule is CCCNc1nc(Cl)nc2c1cnn2-c1ccccc1. The predicted octanol–water partition coefficient (Wildman–Crippen LogP) is 3.29. The number of benzene rings is 1. The highest BCUT2D eigenvalue weighted by Crippen LogP contribution is 2.24. The van der Waals surface area contributed by atoms with Gasteiger partial charge in [-0.1, -0.05) is 25.1 Å². The maximum absolute atomic E-state index is 6.02. The van der Waals surface area contributed by atoms with Crippen LogP contribution in [0.5, 0.6) is 0 Å². The number of hydrogen-bond acceptors (Lipinski definition) is 4. The van der Waals surface area contributed by atoms with Gasteiger partial charge in [0.25, 0.3) is 0 Å². The molecule has 1 aromatic carbocycles. The minimum absolute atomic E-state index is 0.216. The Hall–Kier alpha value is -2.14. The summed E-state index contributed by atoms with van der Waals surface area (Å²) in [4.78, 5) is 8.53. The zero-order valence-corrected chi connectivity index (χ0v) is 11.8. The van der Waals surface area contributed by atoms with Crippen molar-refractivity contribution in [3.05, 3.63) is 41.8 Å². The Balaban J connectivity index is 2.15. The van der Waals surface area contributed by atoms with E-state index in [0.29, 0.717) is 5.65 Å². The number of nitrogens with one attached hydrogen (secondary N) is 1. The molecule has 0 unspecified atom stereocenters. The Labute approximate surface area is 121 Å². The number of para-hydroxylation sites is 1. The Morgan fingerprint density at radius 3 is 2.75 bits per heavy atom. The monoisotopic (exact) mass is 287 g/mol. The summed E-state index contributed by atoms with van der Waals surface area (Å²) < 4.78 is 1.76. The van der Waals surface area contributed by atoms with Crippen molar-refractivity contribution in [3.63, 3.8) is 0 Å². The molecule has 3 aromatic rings. The van der Waals surface area contributed by atoms with Crippen LogP contribution >= 0.6 is 11.6 Å². The lowest BCUT2D eigenvalue weighted by Gasteiger charge is -2.06. The third-order valence-corrected chi connectivity index (χ3v) is 3.11. The van der Waals surface area contributed by atoms with Crippen molar-refractivity contribution in [2.45, 2.75) is 13.3 Å². The van der Waals surface area contributed by atoms with E-state index in [4.69, 9.17) is 11.6 Å². The van der Waals surface area contributed by atoms with Crippen LogP contribution in [0.3, 0.4) is 0 Å². The maximum atomic E-state index is 6.02. The first-order chi connectivity index (χ1) is 9.79. The number of fused-ring (bicyclic) bond motifs is 1. The van der Waals surface area contributed by atoms with Crippen LogP contribution in [0.15, 0.2) is 36.5 Å². The first kappa shape index (κ1) is 12.9. The van der Waals surface area contributed by atoms with Crippen LogP contribution in [0.25, 0.3) is 16.7 Å². The fraction of sp³-hybridized carbons (Fsp3) is 0.214. The average molecular weight is 288 g/mol. The second-order valence-corrected chi connectivity index (χ2v) is 4.74. The number of rotatable bonds is 4. The largest absolute Gasteiger partial charge is 0.369 e. The Kier molecular flexibility index (Phi) is 3.52. The number of hydrogen-bond donors (Lipinski definition) is 1. The molecule has 6 heteroatoms. The third-order valence-electron chi connectivity index (χ3n) is 2.94. The maximum Gasteiger partial charge on any atom is 0.226 e. The third kappa shape index (κ3) is 2.32. The molecule has 20 heavy (non-hydrogen) atoms. The predicted molar refractivity (Wildman–Crippen MR) is 80.5 cm³/mol. The van der Waals surface area contributed by atoms with Gasteiger partial charge in [-0.2, -0.15) is 15.1 Å². The van der Waals surface area contributed by atoms with E-state index >= 15 is 0 Å². The molecular weight excluding hydrogens is 274 g/mol. The molecule has 0 saturated carbocycles. The lowest BCUT2D eigenvalue weighted by atomic mass is 10.3. The Bertz CT molecular complexity index is 723. The van der Waals surface area contributed by atoms with Crippen LogP contribution in [-0.4, -0.2) is 26.3 Å². The van der Waals surface area contributed by atoms with Gasteiger partial charge in [0.1, 0.15) is 5.82 Å². The normalized spacial score (nSPS) is 10.9. The summed E-state index contributed by atoms with van der Waals surface area (Å²) in [6.45, 7) is 2.93. The lowest BCUT2D eigenvalue weighted by Crippen LogP contribution is -2.04. The van der Waals surface area contributed by atoms with Crippen molar-refractivity contribution in [2.24, 2.45) is 0 Å². The molecule has 102 valence electrons. The summed E-state index contributed by atoms with van der Waals surface area (Å²) in [6.07, 6.45) is 2.77. The fourth-order valence-electron chi connectivity index (χ4n) is 2.02. The summed E-state index contributed by atoms with van der Waals surface area (Å²) in [7, 11) is 0. The van der Waals surface area contributed by atoms with Gasteiger partial charge in [-0.15, -0.1) is 0 Å². The number of halogens is 1. The van der Waals surface area contributed by atoms with Crippen molar-refractivity contribution >= 4 is 28.5 Å². The van der Waals surface area contributed by atoms with E-state index in [9.17, 15) is 0 Å². The first-order valence-corrected chi connectivity index (χ1v) is 6.88. The van der Waals surface area contributed by atoms with Gasteiger partial charge in [0.15, 0.2) is 5.65 Å². The van der Waals surface area contributed by atoms with Gasteiger partial charge >= 0.3 is 0 Å². The number of nitrogens with zero attached hydrogens (tertiary/aromatic N) is 4. The summed E-state index contributed by atoms with van der Waals surface area (Å²) in [5.74, 6) is 0.726. The summed E-state index contributed by atoms with van der Waals surface area (Å²) in [5.41, 5.74) is 1.65. The molecule has 2 aromatic heterocycles.